The van der Waals surface area contributed by atoms with Crippen LogP contribution in [-0.4, -0.2) is 33.9 Å². The van der Waals surface area contributed by atoms with Gasteiger partial charge in [-0.15, -0.1) is 0 Å². The van der Waals surface area contributed by atoms with Gasteiger partial charge in [0, 0.05) is 31.7 Å². The molecule has 0 aliphatic carbocycles. The summed E-state index contributed by atoms with van der Waals surface area (Å²) in [6, 6.07) is 12.6. The van der Waals surface area contributed by atoms with E-state index in [0.717, 1.165) is 49.4 Å². The van der Waals surface area contributed by atoms with Crippen LogP contribution < -0.4 is 5.32 Å². The van der Waals surface area contributed by atoms with Gasteiger partial charge >= 0.3 is 0 Å². The Labute approximate surface area is 186 Å². The Bertz CT molecular complexity index is 1070. The van der Waals surface area contributed by atoms with E-state index >= 15 is 0 Å². The lowest BCUT2D eigenvalue weighted by Crippen LogP contribution is -2.34. The maximum atomic E-state index is 13.2. The number of nitrogens with one attached hydrogen (secondary N) is 1. The molecule has 7 heteroatoms. The van der Waals surface area contributed by atoms with Gasteiger partial charge in [-0.2, -0.15) is 0 Å². The number of aryl methyl sites for hydroxylation is 1. The van der Waals surface area contributed by atoms with Crippen LogP contribution in [0.25, 0.3) is 0 Å². The number of rotatable bonds is 6. The molecule has 32 heavy (non-hydrogen) atoms. The molecular formula is C25H26F2N4O. The summed E-state index contributed by atoms with van der Waals surface area (Å²) in [4.78, 5) is 24.1. The number of nitrogens with zero attached hydrogens (tertiary/aromatic N) is 3. The van der Waals surface area contributed by atoms with Crippen LogP contribution in [0.3, 0.4) is 0 Å². The highest BCUT2D eigenvalue weighted by Gasteiger charge is 2.24. The van der Waals surface area contributed by atoms with Crippen LogP contribution in [0.2, 0.25) is 0 Å². The minimum Gasteiger partial charge on any atom is -0.348 e. The lowest BCUT2D eigenvalue weighted by molar-refractivity contribution is 0.0949. The number of piperidine rings is 1. The maximum absolute atomic E-state index is 13.2. The van der Waals surface area contributed by atoms with Crippen molar-refractivity contribution in [3.63, 3.8) is 0 Å². The predicted molar refractivity (Wildman–Crippen MR) is 118 cm³/mol. The van der Waals surface area contributed by atoms with Gasteiger partial charge in [0.2, 0.25) is 0 Å². The zero-order valence-corrected chi connectivity index (χ0v) is 18.0. The van der Waals surface area contributed by atoms with Gasteiger partial charge in [-0.1, -0.05) is 24.3 Å². The second-order valence-electron chi connectivity index (χ2n) is 8.24. The number of hydrogen-bond acceptors (Lipinski definition) is 4. The molecule has 1 aliphatic heterocycles. The summed E-state index contributed by atoms with van der Waals surface area (Å²) in [5, 5.41) is 2.84. The number of likely N-dealkylation sites (tertiary alicyclic amines) is 1. The number of carbonyl (C=O) groups excluding carboxylic acids is 1. The first-order valence-electron chi connectivity index (χ1n) is 10.8. The summed E-state index contributed by atoms with van der Waals surface area (Å²) in [5.74, 6) is 0.162. The fraction of sp³-hybridized carbons (Fsp3) is 0.320. The Morgan fingerprint density at radius 3 is 2.38 bits per heavy atom. The highest BCUT2D eigenvalue weighted by atomic mass is 19.1. The third kappa shape index (κ3) is 5.53. The summed E-state index contributed by atoms with van der Waals surface area (Å²) >= 11 is 0. The van der Waals surface area contributed by atoms with Gasteiger partial charge < -0.3 is 5.32 Å². The van der Waals surface area contributed by atoms with E-state index < -0.39 is 0 Å². The second-order valence-corrected chi connectivity index (χ2v) is 8.24. The third-order valence-corrected chi connectivity index (χ3v) is 5.80. The van der Waals surface area contributed by atoms with Crippen molar-refractivity contribution in [2.24, 2.45) is 0 Å². The van der Waals surface area contributed by atoms with Crippen LogP contribution in [0.1, 0.15) is 51.8 Å². The van der Waals surface area contributed by atoms with Crippen molar-refractivity contribution in [2.75, 3.05) is 13.1 Å². The topological polar surface area (TPSA) is 58.1 Å². The van der Waals surface area contributed by atoms with E-state index in [4.69, 9.17) is 0 Å². The van der Waals surface area contributed by atoms with Crippen molar-refractivity contribution in [2.45, 2.75) is 38.8 Å². The van der Waals surface area contributed by atoms with Gasteiger partial charge in [-0.25, -0.2) is 18.7 Å². The van der Waals surface area contributed by atoms with Crippen LogP contribution >= 0.6 is 0 Å². The minimum absolute atomic E-state index is 0.194. The molecule has 1 fully saturated rings. The molecule has 2 aromatic carbocycles. The molecule has 166 valence electrons. The number of hydrogen-bond donors (Lipinski definition) is 1. The molecule has 1 saturated heterocycles. The van der Waals surface area contributed by atoms with E-state index in [1.807, 2.05) is 19.1 Å². The number of carbonyl (C=O) groups is 1. The van der Waals surface area contributed by atoms with Gasteiger partial charge in [-0.3, -0.25) is 9.69 Å². The standard InChI is InChI=1S/C25H26F2N4O/c1-17-23(25(32)29-13-18-4-8-21(26)9-5-18)14-28-24(30-17)20-3-2-12-31(16-20)15-19-6-10-22(27)11-7-19/h4-11,14,20H,2-3,12-13,15-16H2,1H3,(H,29,32)/t20-/m0/s1. The molecule has 0 bridgehead atoms. The molecule has 3 aromatic rings. The molecule has 5 nitrogen and oxygen atoms in total. The molecule has 0 saturated carbocycles. The smallest absolute Gasteiger partial charge is 0.254 e. The quantitative estimate of drug-likeness (QED) is 0.623. The maximum Gasteiger partial charge on any atom is 0.254 e. The van der Waals surface area contributed by atoms with Crippen molar-refractivity contribution in [3.05, 3.63) is 94.6 Å². The van der Waals surface area contributed by atoms with Gasteiger partial charge in [0.15, 0.2) is 0 Å². The summed E-state index contributed by atoms with van der Waals surface area (Å²) in [7, 11) is 0. The highest BCUT2D eigenvalue weighted by molar-refractivity contribution is 5.94. The highest BCUT2D eigenvalue weighted by Crippen LogP contribution is 2.26. The summed E-state index contributed by atoms with van der Waals surface area (Å²) < 4.78 is 26.2. The first-order valence-corrected chi connectivity index (χ1v) is 10.8. The van der Waals surface area contributed by atoms with Crippen molar-refractivity contribution in [1.29, 1.82) is 0 Å². The largest absolute Gasteiger partial charge is 0.348 e. The third-order valence-electron chi connectivity index (χ3n) is 5.80. The van der Waals surface area contributed by atoms with Gasteiger partial charge in [0.25, 0.3) is 5.91 Å². The second kappa shape index (κ2) is 9.96. The fourth-order valence-corrected chi connectivity index (χ4v) is 4.04. The zero-order chi connectivity index (χ0) is 22.5. The number of halogens is 2. The van der Waals surface area contributed by atoms with Crippen LogP contribution in [-0.2, 0) is 13.1 Å². The Kier molecular flexibility index (Phi) is 6.85. The van der Waals surface area contributed by atoms with E-state index in [1.165, 1.54) is 24.3 Å². The molecule has 0 radical (unpaired) electrons. The van der Waals surface area contributed by atoms with Crippen molar-refractivity contribution < 1.29 is 13.6 Å². The van der Waals surface area contributed by atoms with Crippen molar-refractivity contribution >= 4 is 5.91 Å². The van der Waals surface area contributed by atoms with Gasteiger partial charge in [0.1, 0.15) is 17.5 Å². The molecule has 1 aromatic heterocycles. The number of benzene rings is 2. The van der Waals surface area contributed by atoms with Crippen LogP contribution in [0.5, 0.6) is 0 Å². The van der Waals surface area contributed by atoms with E-state index in [9.17, 15) is 13.6 Å². The number of aromatic nitrogens is 2. The molecular weight excluding hydrogens is 410 g/mol. The Morgan fingerprint density at radius 1 is 1.06 bits per heavy atom. The molecule has 0 spiro atoms. The number of amides is 1. The van der Waals surface area contributed by atoms with E-state index in [2.05, 4.69) is 20.2 Å². The average Bonchev–Trinajstić information content (AvgIpc) is 2.80. The lowest BCUT2D eigenvalue weighted by Gasteiger charge is -2.32. The van der Waals surface area contributed by atoms with Crippen LogP contribution in [0, 0.1) is 18.6 Å². The molecule has 1 N–H and O–H groups in total. The summed E-state index contributed by atoms with van der Waals surface area (Å²) in [5.41, 5.74) is 2.98. The molecule has 0 unspecified atom stereocenters. The average molecular weight is 437 g/mol. The normalized spacial score (nSPS) is 16.7. The molecule has 1 atom stereocenters. The minimum atomic E-state index is -0.307. The van der Waals surface area contributed by atoms with Crippen molar-refractivity contribution in [3.8, 4) is 0 Å². The van der Waals surface area contributed by atoms with Crippen molar-refractivity contribution in [1.82, 2.24) is 20.2 Å². The van der Waals surface area contributed by atoms with E-state index in [0.29, 0.717) is 17.8 Å². The SMILES string of the molecule is Cc1nc([C@H]2CCCN(Cc3ccc(F)cc3)C2)ncc1C(=O)NCc1ccc(F)cc1. The lowest BCUT2D eigenvalue weighted by atomic mass is 9.96. The molecule has 4 rings (SSSR count). The first-order chi connectivity index (χ1) is 15.5. The Hall–Kier alpha value is -3.19. The molecule has 1 aliphatic rings. The Morgan fingerprint density at radius 2 is 1.72 bits per heavy atom. The molecule has 1 amide bonds. The zero-order valence-electron chi connectivity index (χ0n) is 18.0. The van der Waals surface area contributed by atoms with E-state index in [1.54, 1.807) is 18.3 Å². The first kappa shape index (κ1) is 22.0. The van der Waals surface area contributed by atoms with Gasteiger partial charge in [-0.05, 0) is 61.7 Å². The summed E-state index contributed by atoms with van der Waals surface area (Å²) in [6.07, 6.45) is 3.63. The monoisotopic (exact) mass is 436 g/mol. The Balaban J connectivity index is 1.37. The summed E-state index contributed by atoms with van der Waals surface area (Å²) in [6.45, 7) is 4.70. The molecule has 2 heterocycles. The van der Waals surface area contributed by atoms with Crippen LogP contribution in [0.15, 0.2) is 54.7 Å². The van der Waals surface area contributed by atoms with E-state index in [-0.39, 0.29) is 23.5 Å². The predicted octanol–water partition coefficient (Wildman–Crippen LogP) is 4.37. The van der Waals surface area contributed by atoms with Gasteiger partial charge in [0.05, 0.1) is 11.3 Å². The fourth-order valence-electron chi connectivity index (χ4n) is 4.04. The van der Waals surface area contributed by atoms with Crippen LogP contribution in [0.4, 0.5) is 8.78 Å².